The van der Waals surface area contributed by atoms with Crippen LogP contribution in [0.3, 0.4) is 0 Å². The minimum atomic E-state index is -3.23. The summed E-state index contributed by atoms with van der Waals surface area (Å²) in [6.45, 7) is 2.92. The average Bonchev–Trinajstić information content (AvgIpc) is 3.67. The van der Waals surface area contributed by atoms with E-state index in [9.17, 15) is 8.42 Å². The lowest BCUT2D eigenvalue weighted by Gasteiger charge is -2.09. The Morgan fingerprint density at radius 2 is 2.03 bits per heavy atom. The number of rotatable bonds is 7. The molecule has 1 fully saturated rings. The van der Waals surface area contributed by atoms with Gasteiger partial charge in [0.2, 0.25) is 10.0 Å². The maximum absolute atomic E-state index is 11.8. The standard InChI is InChI=1S/C28H27N7O2S2/c1-2-39(36,37)34-23-13-21(29-16-23)8-10-24-14-25-27(38-24)28(31-18-30-25)33-22-9-11-26-20(12-22)15-32-35(26)17-19-6-4-3-5-7-19/h3-7,9,11-12,14-15,18,21,23,29,34H,2,13,16-17H2,1H3,(H,30,31,33)/t21-,23-/m1/s1. The molecule has 1 aliphatic rings. The smallest absolute Gasteiger partial charge is 0.211 e. The van der Waals surface area contributed by atoms with Crippen molar-refractivity contribution in [3.63, 3.8) is 0 Å². The second kappa shape index (κ2) is 10.7. The molecule has 0 spiro atoms. The van der Waals surface area contributed by atoms with E-state index in [-0.39, 0.29) is 17.8 Å². The molecule has 9 nitrogen and oxygen atoms in total. The van der Waals surface area contributed by atoms with Crippen molar-refractivity contribution in [1.82, 2.24) is 29.8 Å². The largest absolute Gasteiger partial charge is 0.339 e. The van der Waals surface area contributed by atoms with Crippen LogP contribution in [0.15, 0.2) is 67.1 Å². The Balaban J connectivity index is 1.17. The highest BCUT2D eigenvalue weighted by Crippen LogP contribution is 2.31. The van der Waals surface area contributed by atoms with Gasteiger partial charge in [0.15, 0.2) is 5.82 Å². The highest BCUT2D eigenvalue weighted by Gasteiger charge is 2.25. The topological polar surface area (TPSA) is 114 Å². The van der Waals surface area contributed by atoms with Crippen LogP contribution in [0, 0.1) is 11.8 Å². The van der Waals surface area contributed by atoms with Gasteiger partial charge in [0, 0.05) is 23.7 Å². The zero-order valence-corrected chi connectivity index (χ0v) is 22.9. The quantitative estimate of drug-likeness (QED) is 0.261. The van der Waals surface area contributed by atoms with E-state index in [4.69, 9.17) is 0 Å². The van der Waals surface area contributed by atoms with E-state index in [1.54, 1.807) is 13.3 Å². The molecule has 2 aromatic carbocycles. The van der Waals surface area contributed by atoms with Crippen LogP contribution in [-0.4, -0.2) is 52.5 Å². The van der Waals surface area contributed by atoms with Gasteiger partial charge in [-0.15, -0.1) is 11.3 Å². The summed E-state index contributed by atoms with van der Waals surface area (Å²) >= 11 is 1.53. The van der Waals surface area contributed by atoms with Crippen molar-refractivity contribution in [3.8, 4) is 11.8 Å². The summed E-state index contributed by atoms with van der Waals surface area (Å²) < 4.78 is 29.3. The lowest BCUT2D eigenvalue weighted by atomic mass is 10.2. The molecule has 5 aromatic rings. The van der Waals surface area contributed by atoms with Crippen LogP contribution in [-0.2, 0) is 16.6 Å². The fraction of sp³-hybridized carbons (Fsp3) is 0.250. The molecule has 1 saturated heterocycles. The van der Waals surface area contributed by atoms with E-state index in [0.717, 1.165) is 37.5 Å². The van der Waals surface area contributed by atoms with Crippen LogP contribution >= 0.6 is 11.3 Å². The Hall–Kier alpha value is -3.82. The molecule has 4 heterocycles. The summed E-state index contributed by atoms with van der Waals surface area (Å²) in [5.41, 5.74) is 4.01. The van der Waals surface area contributed by atoms with Gasteiger partial charge in [-0.05, 0) is 43.2 Å². The van der Waals surface area contributed by atoms with E-state index in [1.807, 2.05) is 41.2 Å². The molecular formula is C28H27N7O2S2. The summed E-state index contributed by atoms with van der Waals surface area (Å²) in [5.74, 6) is 7.27. The molecule has 3 N–H and O–H groups in total. The number of benzene rings is 2. The van der Waals surface area contributed by atoms with Crippen molar-refractivity contribution >= 4 is 54.0 Å². The molecular weight excluding hydrogens is 530 g/mol. The fourth-order valence-electron chi connectivity index (χ4n) is 4.62. The first kappa shape index (κ1) is 25.5. The van der Waals surface area contributed by atoms with E-state index >= 15 is 0 Å². The average molecular weight is 558 g/mol. The first-order valence-corrected chi connectivity index (χ1v) is 15.2. The van der Waals surface area contributed by atoms with E-state index < -0.39 is 10.0 Å². The lowest BCUT2D eigenvalue weighted by Crippen LogP contribution is -2.37. The van der Waals surface area contributed by atoms with Crippen molar-refractivity contribution in [3.05, 3.63) is 77.6 Å². The van der Waals surface area contributed by atoms with Gasteiger partial charge in [0.1, 0.15) is 6.33 Å². The summed E-state index contributed by atoms with van der Waals surface area (Å²) in [7, 11) is -3.23. The summed E-state index contributed by atoms with van der Waals surface area (Å²) in [4.78, 5) is 9.79. The number of anilines is 2. The van der Waals surface area contributed by atoms with Crippen molar-refractivity contribution in [2.45, 2.75) is 32.0 Å². The number of sulfonamides is 1. The second-order valence-electron chi connectivity index (χ2n) is 9.42. The van der Waals surface area contributed by atoms with E-state index in [0.29, 0.717) is 19.5 Å². The number of nitrogens with zero attached hydrogens (tertiary/aromatic N) is 4. The van der Waals surface area contributed by atoms with Crippen LogP contribution in [0.25, 0.3) is 21.1 Å². The number of hydrogen-bond acceptors (Lipinski definition) is 8. The Morgan fingerprint density at radius 1 is 1.15 bits per heavy atom. The molecule has 2 atom stereocenters. The van der Waals surface area contributed by atoms with Gasteiger partial charge in [-0.2, -0.15) is 5.10 Å². The number of aromatic nitrogens is 4. The van der Waals surface area contributed by atoms with Gasteiger partial charge in [-0.3, -0.25) is 4.68 Å². The van der Waals surface area contributed by atoms with Gasteiger partial charge < -0.3 is 10.6 Å². The first-order valence-electron chi connectivity index (χ1n) is 12.7. The fourth-order valence-corrected chi connectivity index (χ4v) is 6.39. The highest BCUT2D eigenvalue weighted by molar-refractivity contribution is 7.89. The zero-order valence-electron chi connectivity index (χ0n) is 21.3. The van der Waals surface area contributed by atoms with Crippen LogP contribution < -0.4 is 15.4 Å². The normalized spacial score (nSPS) is 17.4. The molecule has 3 aromatic heterocycles. The maximum Gasteiger partial charge on any atom is 0.211 e. The molecule has 0 radical (unpaired) electrons. The third-order valence-corrected chi connectivity index (χ3v) is 9.12. The molecule has 0 amide bonds. The molecule has 0 bridgehead atoms. The summed E-state index contributed by atoms with van der Waals surface area (Å²) in [6, 6.07) is 18.2. The molecule has 11 heteroatoms. The molecule has 0 aliphatic carbocycles. The van der Waals surface area contributed by atoms with Crippen LogP contribution in [0.4, 0.5) is 11.5 Å². The third kappa shape index (κ3) is 5.79. The van der Waals surface area contributed by atoms with Crippen LogP contribution in [0.2, 0.25) is 0 Å². The summed E-state index contributed by atoms with van der Waals surface area (Å²) in [6.07, 6.45) is 4.06. The zero-order chi connectivity index (χ0) is 26.8. The molecule has 0 saturated carbocycles. The molecule has 6 rings (SSSR count). The SMILES string of the molecule is CCS(=O)(=O)N[C@H]1CN[C@H](C#Cc2cc3ncnc(Nc4ccc5c(cnn5Cc5ccccc5)c4)c3s2)C1. The number of nitrogens with one attached hydrogen (secondary N) is 3. The van der Waals surface area contributed by atoms with Gasteiger partial charge in [-0.1, -0.05) is 42.2 Å². The number of fused-ring (bicyclic) bond motifs is 2. The van der Waals surface area contributed by atoms with Crippen molar-refractivity contribution in [2.75, 3.05) is 17.6 Å². The second-order valence-corrected chi connectivity index (χ2v) is 12.5. The molecule has 39 heavy (non-hydrogen) atoms. The monoisotopic (exact) mass is 557 g/mol. The lowest BCUT2D eigenvalue weighted by molar-refractivity contribution is 0.560. The van der Waals surface area contributed by atoms with Crippen molar-refractivity contribution in [1.29, 1.82) is 0 Å². The molecule has 0 unspecified atom stereocenters. The highest BCUT2D eigenvalue weighted by atomic mass is 32.2. The number of hydrogen-bond donors (Lipinski definition) is 3. The maximum atomic E-state index is 11.8. The first-order chi connectivity index (χ1) is 19.0. The van der Waals surface area contributed by atoms with E-state index in [2.05, 4.69) is 66.5 Å². The Morgan fingerprint density at radius 3 is 2.87 bits per heavy atom. The van der Waals surface area contributed by atoms with Gasteiger partial charge in [0.25, 0.3) is 0 Å². The van der Waals surface area contributed by atoms with Crippen molar-refractivity contribution in [2.24, 2.45) is 0 Å². The molecule has 1 aliphatic heterocycles. The van der Waals surface area contributed by atoms with Gasteiger partial charge in [0.05, 0.1) is 45.1 Å². The predicted octanol–water partition coefficient (Wildman–Crippen LogP) is 3.85. The van der Waals surface area contributed by atoms with Crippen LogP contribution in [0.5, 0.6) is 0 Å². The third-order valence-electron chi connectivity index (χ3n) is 6.62. The minimum absolute atomic E-state index is 0.0713. The Kier molecular flexibility index (Phi) is 7.01. The van der Waals surface area contributed by atoms with E-state index in [1.165, 1.54) is 16.9 Å². The van der Waals surface area contributed by atoms with Gasteiger partial charge in [-0.25, -0.2) is 23.1 Å². The van der Waals surface area contributed by atoms with Crippen molar-refractivity contribution < 1.29 is 8.42 Å². The Labute approximate surface area is 230 Å². The Bertz CT molecular complexity index is 1800. The predicted molar refractivity (Wildman–Crippen MR) is 156 cm³/mol. The van der Waals surface area contributed by atoms with Crippen LogP contribution in [0.1, 0.15) is 23.8 Å². The number of thiophene rings is 1. The minimum Gasteiger partial charge on any atom is -0.339 e. The van der Waals surface area contributed by atoms with Gasteiger partial charge >= 0.3 is 0 Å². The molecule has 198 valence electrons. The summed E-state index contributed by atoms with van der Waals surface area (Å²) in [5, 5.41) is 12.4.